The Kier molecular flexibility index (Phi) is 6.57. The average Bonchev–Trinajstić information content (AvgIpc) is 2.60. The Bertz CT molecular complexity index is 888. The van der Waals surface area contributed by atoms with Crippen molar-refractivity contribution in [3.8, 4) is 5.75 Å². The number of methoxy groups -OCH3 is 1. The number of amides is 1. The van der Waals surface area contributed by atoms with E-state index in [1.165, 1.54) is 13.2 Å². The van der Waals surface area contributed by atoms with Crippen molar-refractivity contribution in [3.63, 3.8) is 0 Å². The summed E-state index contributed by atoms with van der Waals surface area (Å²) in [5.41, 5.74) is 0.413. The molecule has 1 amide bonds. The van der Waals surface area contributed by atoms with Crippen molar-refractivity contribution >= 4 is 33.2 Å². The maximum Gasteiger partial charge on any atom is 0.243 e. The number of halogens is 2. The van der Waals surface area contributed by atoms with E-state index in [-0.39, 0.29) is 18.0 Å². The molecule has 2 aromatic carbocycles. The quantitative estimate of drug-likeness (QED) is 0.774. The van der Waals surface area contributed by atoms with E-state index in [0.717, 1.165) is 28.6 Å². The van der Waals surface area contributed by atoms with Gasteiger partial charge in [0, 0.05) is 12.2 Å². The molecule has 0 atom stereocenters. The third-order valence-electron chi connectivity index (χ3n) is 3.56. The van der Waals surface area contributed by atoms with Crippen LogP contribution in [0.2, 0.25) is 5.02 Å². The maximum absolute atomic E-state index is 13.0. The first-order valence-corrected chi connectivity index (χ1v) is 9.49. The van der Waals surface area contributed by atoms with Gasteiger partial charge in [0.05, 0.1) is 23.6 Å². The Morgan fingerprint density at radius 1 is 1.23 bits per heavy atom. The minimum Gasteiger partial charge on any atom is -0.495 e. The Labute approximate surface area is 156 Å². The van der Waals surface area contributed by atoms with Crippen molar-refractivity contribution in [1.29, 1.82) is 0 Å². The van der Waals surface area contributed by atoms with Gasteiger partial charge in [0.1, 0.15) is 11.6 Å². The van der Waals surface area contributed by atoms with Gasteiger partial charge in [-0.3, -0.25) is 4.79 Å². The molecule has 0 heterocycles. The monoisotopic (exact) mass is 400 g/mol. The number of sulfonamides is 1. The number of hydrogen-bond donors (Lipinski definition) is 1. The smallest absolute Gasteiger partial charge is 0.243 e. The molecule has 0 radical (unpaired) electrons. The predicted octanol–water partition coefficient (Wildman–Crippen LogP) is 3.14. The standard InChI is InChI=1S/C17H18ClFN2O4S/c1-3-21(26(23,24)14-7-4-12(19)5-8-14)11-17(22)20-13-6-9-16(25-2)15(18)10-13/h4-10H,3,11H2,1-2H3,(H,20,22). The lowest BCUT2D eigenvalue weighted by atomic mass is 10.3. The number of likely N-dealkylation sites (N-methyl/N-ethyl adjacent to an activating group) is 1. The molecule has 0 unspecified atom stereocenters. The number of benzene rings is 2. The molecule has 0 aliphatic carbocycles. The van der Waals surface area contributed by atoms with Crippen molar-refractivity contribution in [2.75, 3.05) is 25.5 Å². The van der Waals surface area contributed by atoms with Crippen LogP contribution in [0.1, 0.15) is 6.92 Å². The lowest BCUT2D eigenvalue weighted by Crippen LogP contribution is -2.37. The molecule has 6 nitrogen and oxygen atoms in total. The van der Waals surface area contributed by atoms with Crippen LogP contribution in [-0.2, 0) is 14.8 Å². The van der Waals surface area contributed by atoms with E-state index >= 15 is 0 Å². The molecule has 26 heavy (non-hydrogen) atoms. The highest BCUT2D eigenvalue weighted by Crippen LogP contribution is 2.27. The average molecular weight is 401 g/mol. The summed E-state index contributed by atoms with van der Waals surface area (Å²) < 4.78 is 44.2. The van der Waals surface area contributed by atoms with E-state index in [4.69, 9.17) is 16.3 Å². The second-order valence-corrected chi connectivity index (χ2v) is 7.63. The Balaban J connectivity index is 2.12. The van der Waals surface area contributed by atoms with Gasteiger partial charge in [-0.2, -0.15) is 4.31 Å². The third-order valence-corrected chi connectivity index (χ3v) is 5.79. The van der Waals surface area contributed by atoms with E-state index in [9.17, 15) is 17.6 Å². The van der Waals surface area contributed by atoms with Crippen LogP contribution in [0.15, 0.2) is 47.4 Å². The van der Waals surface area contributed by atoms with Crippen LogP contribution in [-0.4, -0.2) is 38.8 Å². The van der Waals surface area contributed by atoms with Crippen molar-refractivity contribution in [1.82, 2.24) is 4.31 Å². The van der Waals surface area contributed by atoms with Crippen LogP contribution in [0.5, 0.6) is 5.75 Å². The summed E-state index contributed by atoms with van der Waals surface area (Å²) in [5, 5.41) is 2.90. The lowest BCUT2D eigenvalue weighted by Gasteiger charge is -2.20. The Hall–Kier alpha value is -2.16. The van der Waals surface area contributed by atoms with Crippen molar-refractivity contribution in [2.45, 2.75) is 11.8 Å². The van der Waals surface area contributed by atoms with E-state index in [1.54, 1.807) is 19.1 Å². The van der Waals surface area contributed by atoms with Crippen molar-refractivity contribution < 1.29 is 22.3 Å². The molecular formula is C17H18ClFN2O4S. The second kappa shape index (κ2) is 8.48. The van der Waals surface area contributed by atoms with Gasteiger partial charge in [-0.1, -0.05) is 18.5 Å². The van der Waals surface area contributed by atoms with Gasteiger partial charge in [-0.25, -0.2) is 12.8 Å². The molecule has 0 bridgehead atoms. The van der Waals surface area contributed by atoms with Gasteiger partial charge in [0.2, 0.25) is 15.9 Å². The van der Waals surface area contributed by atoms with Gasteiger partial charge in [-0.05, 0) is 42.5 Å². The largest absolute Gasteiger partial charge is 0.495 e. The third kappa shape index (κ3) is 4.72. The first-order chi connectivity index (χ1) is 12.3. The number of hydrogen-bond acceptors (Lipinski definition) is 4. The zero-order valence-electron chi connectivity index (χ0n) is 14.2. The highest BCUT2D eigenvalue weighted by Gasteiger charge is 2.25. The molecule has 0 saturated carbocycles. The topological polar surface area (TPSA) is 75.7 Å². The van der Waals surface area contributed by atoms with Crippen LogP contribution < -0.4 is 10.1 Å². The molecule has 0 aliphatic rings. The summed E-state index contributed by atoms with van der Waals surface area (Å²) >= 11 is 6.00. The summed E-state index contributed by atoms with van der Waals surface area (Å²) in [7, 11) is -2.44. The molecule has 2 rings (SSSR count). The normalized spacial score (nSPS) is 11.4. The predicted molar refractivity (Wildman–Crippen MR) is 97.5 cm³/mol. The number of ether oxygens (including phenoxy) is 1. The summed E-state index contributed by atoms with van der Waals surface area (Å²) in [4.78, 5) is 12.1. The van der Waals surface area contributed by atoms with Crippen molar-refractivity contribution in [3.05, 3.63) is 53.3 Å². The molecule has 140 valence electrons. The number of carbonyl (C=O) groups excluding carboxylic acids is 1. The molecule has 9 heteroatoms. The van der Waals surface area contributed by atoms with E-state index in [1.807, 2.05) is 0 Å². The minimum absolute atomic E-state index is 0.0799. The van der Waals surface area contributed by atoms with Crippen LogP contribution in [0.3, 0.4) is 0 Å². The minimum atomic E-state index is -3.91. The van der Waals surface area contributed by atoms with E-state index in [2.05, 4.69) is 5.32 Å². The number of nitrogens with one attached hydrogen (secondary N) is 1. The molecule has 1 N–H and O–H groups in total. The van der Waals surface area contributed by atoms with Gasteiger partial charge >= 0.3 is 0 Å². The second-order valence-electron chi connectivity index (χ2n) is 5.28. The molecular weight excluding hydrogens is 383 g/mol. The van der Waals surface area contributed by atoms with Gasteiger partial charge in [0.15, 0.2) is 0 Å². The first kappa shape index (κ1) is 20.2. The molecule has 0 aliphatic heterocycles. The van der Waals surface area contributed by atoms with E-state index < -0.39 is 21.7 Å². The fourth-order valence-electron chi connectivity index (χ4n) is 2.23. The molecule has 0 spiro atoms. The maximum atomic E-state index is 13.0. The first-order valence-electron chi connectivity index (χ1n) is 7.67. The summed E-state index contributed by atoms with van der Waals surface area (Å²) in [6, 6.07) is 9.12. The number of rotatable bonds is 7. The number of carbonyl (C=O) groups is 1. The van der Waals surface area contributed by atoms with Gasteiger partial charge in [-0.15, -0.1) is 0 Å². The number of nitrogens with zero attached hydrogens (tertiary/aromatic N) is 1. The molecule has 0 saturated heterocycles. The highest BCUT2D eigenvalue weighted by molar-refractivity contribution is 7.89. The zero-order chi connectivity index (χ0) is 19.3. The van der Waals surface area contributed by atoms with Crippen LogP contribution in [0.4, 0.5) is 10.1 Å². The SMILES string of the molecule is CCN(CC(=O)Nc1ccc(OC)c(Cl)c1)S(=O)(=O)c1ccc(F)cc1. The fourth-order valence-corrected chi connectivity index (χ4v) is 3.89. The van der Waals surface area contributed by atoms with Gasteiger partial charge in [0.25, 0.3) is 0 Å². The van der Waals surface area contributed by atoms with Crippen LogP contribution in [0, 0.1) is 5.82 Å². The van der Waals surface area contributed by atoms with Crippen molar-refractivity contribution in [2.24, 2.45) is 0 Å². The van der Waals surface area contributed by atoms with Crippen LogP contribution >= 0.6 is 11.6 Å². The highest BCUT2D eigenvalue weighted by atomic mass is 35.5. The summed E-state index contributed by atoms with van der Waals surface area (Å²) in [5.74, 6) is -0.612. The molecule has 0 aromatic heterocycles. The zero-order valence-corrected chi connectivity index (χ0v) is 15.8. The van der Waals surface area contributed by atoms with Gasteiger partial charge < -0.3 is 10.1 Å². The summed E-state index contributed by atoms with van der Waals surface area (Å²) in [6.07, 6.45) is 0. The van der Waals surface area contributed by atoms with E-state index in [0.29, 0.717) is 16.5 Å². The summed E-state index contributed by atoms with van der Waals surface area (Å²) in [6.45, 7) is 1.30. The fraction of sp³-hybridized carbons (Fsp3) is 0.235. The van der Waals surface area contributed by atoms with Crippen LogP contribution in [0.25, 0.3) is 0 Å². The Morgan fingerprint density at radius 2 is 1.88 bits per heavy atom. The Morgan fingerprint density at radius 3 is 2.42 bits per heavy atom. The molecule has 2 aromatic rings. The lowest BCUT2D eigenvalue weighted by molar-refractivity contribution is -0.116. The molecule has 0 fully saturated rings. The number of anilines is 1.